The highest BCUT2D eigenvalue weighted by molar-refractivity contribution is 5.79. The third kappa shape index (κ3) is 2.04. The molecule has 1 heterocycles. The molecule has 0 amide bonds. The molecule has 0 bridgehead atoms. The predicted octanol–water partition coefficient (Wildman–Crippen LogP) is 1.78. The van der Waals surface area contributed by atoms with E-state index < -0.39 is 17.7 Å². The first-order chi connectivity index (χ1) is 8.01. The molecule has 1 aliphatic rings. The monoisotopic (exact) mass is 233 g/mol. The lowest BCUT2D eigenvalue weighted by Gasteiger charge is -2.19. The molecule has 0 saturated carbocycles. The first-order valence-corrected chi connectivity index (χ1v) is 4.94. The van der Waals surface area contributed by atoms with Crippen LogP contribution in [-0.4, -0.2) is 11.1 Å². The van der Waals surface area contributed by atoms with Crippen LogP contribution in [-0.2, 0) is 10.3 Å². The Hall–Kier alpha value is -2.15. The van der Waals surface area contributed by atoms with E-state index in [-0.39, 0.29) is 0 Å². The van der Waals surface area contributed by atoms with Gasteiger partial charge in [-0.25, -0.2) is 4.79 Å². The van der Waals surface area contributed by atoms with E-state index in [1.54, 1.807) is 24.3 Å². The zero-order valence-electron chi connectivity index (χ0n) is 9.11. The normalized spacial score (nSPS) is 18.2. The van der Waals surface area contributed by atoms with Crippen LogP contribution in [0.15, 0.2) is 44.9 Å². The maximum Gasteiger partial charge on any atom is 0.328 e. The van der Waals surface area contributed by atoms with E-state index in [9.17, 15) is 4.79 Å². The lowest BCUT2D eigenvalue weighted by atomic mass is 9.92. The quantitative estimate of drug-likeness (QED) is 0.829. The second-order valence-corrected chi connectivity index (χ2v) is 3.91. The van der Waals surface area contributed by atoms with Gasteiger partial charge in [-0.05, 0) is 22.9 Å². The van der Waals surface area contributed by atoms with Crippen LogP contribution in [0.25, 0.3) is 0 Å². The third-order valence-electron chi connectivity index (χ3n) is 2.61. The molecule has 3 N–H and O–H groups in total. The summed E-state index contributed by atoms with van der Waals surface area (Å²) in [6.07, 6.45) is -0.432. The van der Waals surface area contributed by atoms with Crippen molar-refractivity contribution in [2.75, 3.05) is 0 Å². The van der Waals surface area contributed by atoms with Crippen LogP contribution < -0.4 is 5.73 Å². The fraction of sp³-hybridized carbons (Fsp3) is 0.300. The van der Waals surface area contributed by atoms with Gasteiger partial charge in [0.05, 0.1) is 0 Å². The maximum atomic E-state index is 11.0. The molecule has 0 radical (unpaired) electrons. The highest BCUT2D eigenvalue weighted by Crippen LogP contribution is 2.26. The first kappa shape index (κ1) is 11.3. The van der Waals surface area contributed by atoms with Crippen molar-refractivity contribution in [3.8, 4) is 0 Å². The molecule has 0 spiro atoms. The Morgan fingerprint density at radius 2 is 1.82 bits per heavy atom. The number of carbonyl (C=O) groups is 1. The average molecular weight is 233 g/mol. The smallest absolute Gasteiger partial charge is 0.328 e. The van der Waals surface area contributed by atoms with Gasteiger partial charge in [0.15, 0.2) is 0 Å². The van der Waals surface area contributed by atoms with E-state index in [0.717, 1.165) is 5.56 Å². The molecular weight excluding hydrogens is 222 g/mol. The summed E-state index contributed by atoms with van der Waals surface area (Å²) in [5, 5.41) is 23.3. The summed E-state index contributed by atoms with van der Waals surface area (Å²) in [5.41, 5.74) is 5.60. The average Bonchev–Trinajstić information content (AvgIpc) is 2.82. The molecule has 1 aliphatic heterocycles. The van der Waals surface area contributed by atoms with Crippen LogP contribution in [0.2, 0.25) is 0 Å². The number of benzene rings is 1. The molecule has 1 aromatic rings. The van der Waals surface area contributed by atoms with E-state index in [1.807, 2.05) is 0 Å². The van der Waals surface area contributed by atoms with E-state index in [1.165, 1.54) is 6.92 Å². The highest BCUT2D eigenvalue weighted by atomic mass is 16.4. The summed E-state index contributed by atoms with van der Waals surface area (Å²) < 4.78 is 0. The molecule has 7 nitrogen and oxygen atoms in total. The zero-order valence-corrected chi connectivity index (χ0v) is 9.11. The van der Waals surface area contributed by atoms with Gasteiger partial charge in [-0.3, -0.25) is 0 Å². The van der Waals surface area contributed by atoms with Crippen LogP contribution in [0, 0.1) is 0 Å². The van der Waals surface area contributed by atoms with Gasteiger partial charge in [0.2, 0.25) is 6.17 Å². The highest BCUT2D eigenvalue weighted by Gasteiger charge is 2.30. The molecule has 0 aliphatic carbocycles. The SMILES string of the molecule is CC(N)(C(=O)O)c1ccc(C2N=NN=N2)cc1. The molecule has 0 saturated heterocycles. The van der Waals surface area contributed by atoms with Crippen molar-refractivity contribution in [2.45, 2.75) is 18.6 Å². The Labute approximate surface area is 97.0 Å². The number of carboxylic acids is 1. The van der Waals surface area contributed by atoms with Crippen LogP contribution in [0.3, 0.4) is 0 Å². The van der Waals surface area contributed by atoms with Gasteiger partial charge < -0.3 is 10.8 Å². The minimum Gasteiger partial charge on any atom is -0.480 e. The number of rotatable bonds is 3. The lowest BCUT2D eigenvalue weighted by Crippen LogP contribution is -2.41. The standard InChI is InChI=1S/C10H11N5O2/c1-10(11,9(16)17)7-4-2-6(3-5-7)8-12-14-15-13-8/h2-5,8H,11H2,1H3,(H,16,17). The van der Waals surface area contributed by atoms with Gasteiger partial charge in [-0.15, -0.1) is 10.2 Å². The second-order valence-electron chi connectivity index (χ2n) is 3.91. The molecule has 2 rings (SSSR count). The Bertz CT molecular complexity index is 480. The Kier molecular flexibility index (Phi) is 2.68. The number of carboxylic acid groups (broad SMARTS) is 1. The van der Waals surface area contributed by atoms with Crippen molar-refractivity contribution in [1.29, 1.82) is 0 Å². The topological polar surface area (TPSA) is 113 Å². The van der Waals surface area contributed by atoms with Gasteiger partial charge >= 0.3 is 5.97 Å². The fourth-order valence-corrected chi connectivity index (χ4v) is 1.43. The predicted molar refractivity (Wildman–Crippen MR) is 58.1 cm³/mol. The second kappa shape index (κ2) is 4.02. The van der Waals surface area contributed by atoms with Crippen molar-refractivity contribution in [1.82, 2.24) is 0 Å². The summed E-state index contributed by atoms with van der Waals surface area (Å²) >= 11 is 0. The zero-order chi connectivity index (χ0) is 12.5. The van der Waals surface area contributed by atoms with E-state index >= 15 is 0 Å². The molecular formula is C10H11N5O2. The largest absolute Gasteiger partial charge is 0.480 e. The van der Waals surface area contributed by atoms with Crippen molar-refractivity contribution < 1.29 is 9.90 Å². The first-order valence-electron chi connectivity index (χ1n) is 4.94. The summed E-state index contributed by atoms with van der Waals surface area (Å²) in [7, 11) is 0. The van der Waals surface area contributed by atoms with Crippen LogP contribution in [0.5, 0.6) is 0 Å². The number of nitrogens with zero attached hydrogens (tertiary/aromatic N) is 4. The van der Waals surface area contributed by atoms with Gasteiger partial charge in [-0.1, -0.05) is 24.3 Å². The third-order valence-corrected chi connectivity index (χ3v) is 2.61. The van der Waals surface area contributed by atoms with Crippen LogP contribution in [0.1, 0.15) is 24.2 Å². The molecule has 1 aromatic carbocycles. The Morgan fingerprint density at radius 3 is 2.29 bits per heavy atom. The minimum absolute atomic E-state index is 0.432. The summed E-state index contributed by atoms with van der Waals surface area (Å²) in [6, 6.07) is 6.73. The maximum absolute atomic E-state index is 11.0. The lowest BCUT2D eigenvalue weighted by molar-refractivity contribution is -0.143. The van der Waals surface area contributed by atoms with Gasteiger partial charge in [0.25, 0.3) is 0 Å². The summed E-state index contributed by atoms with van der Waals surface area (Å²) in [5.74, 6) is -1.08. The number of hydrogen-bond acceptors (Lipinski definition) is 6. The Balaban J connectivity index is 2.27. The van der Waals surface area contributed by atoms with Crippen LogP contribution >= 0.6 is 0 Å². The van der Waals surface area contributed by atoms with Crippen molar-refractivity contribution in [3.05, 3.63) is 35.4 Å². The minimum atomic E-state index is -1.41. The summed E-state index contributed by atoms with van der Waals surface area (Å²) in [6.45, 7) is 1.44. The molecule has 1 unspecified atom stereocenters. The summed E-state index contributed by atoms with van der Waals surface area (Å²) in [4.78, 5) is 11.0. The van der Waals surface area contributed by atoms with Crippen molar-refractivity contribution >= 4 is 5.97 Å². The fourth-order valence-electron chi connectivity index (χ4n) is 1.43. The molecule has 0 fully saturated rings. The molecule has 0 aromatic heterocycles. The molecule has 1 atom stereocenters. The van der Waals surface area contributed by atoms with Gasteiger partial charge in [0.1, 0.15) is 5.54 Å². The van der Waals surface area contributed by atoms with Gasteiger partial charge in [-0.2, -0.15) is 0 Å². The van der Waals surface area contributed by atoms with Crippen LogP contribution in [0.4, 0.5) is 0 Å². The Morgan fingerprint density at radius 1 is 1.29 bits per heavy atom. The molecule has 17 heavy (non-hydrogen) atoms. The van der Waals surface area contributed by atoms with E-state index in [2.05, 4.69) is 20.7 Å². The van der Waals surface area contributed by atoms with Gasteiger partial charge in [0, 0.05) is 5.56 Å². The van der Waals surface area contributed by atoms with E-state index in [0.29, 0.717) is 5.56 Å². The number of aliphatic carboxylic acids is 1. The number of hydrogen-bond donors (Lipinski definition) is 2. The number of nitrogens with two attached hydrogens (primary N) is 1. The van der Waals surface area contributed by atoms with Crippen molar-refractivity contribution in [3.63, 3.8) is 0 Å². The van der Waals surface area contributed by atoms with E-state index in [4.69, 9.17) is 10.8 Å². The molecule has 88 valence electrons. The molecule has 7 heteroatoms. The van der Waals surface area contributed by atoms with Crippen molar-refractivity contribution in [2.24, 2.45) is 26.4 Å².